The minimum Gasteiger partial charge on any atom is -0.451 e. The van der Waals surface area contributed by atoms with E-state index >= 15 is 0 Å². The number of carbonyl (C=O) groups is 3. The van der Waals surface area contributed by atoms with Gasteiger partial charge in [-0.05, 0) is 0 Å². The van der Waals surface area contributed by atoms with Crippen molar-refractivity contribution in [1.82, 2.24) is 15.2 Å². The first-order valence-electron chi connectivity index (χ1n) is 7.14. The molecule has 0 bridgehead atoms. The quantitative estimate of drug-likeness (QED) is 0.793. The van der Waals surface area contributed by atoms with E-state index in [2.05, 4.69) is 10.3 Å². The van der Waals surface area contributed by atoms with Crippen LogP contribution in [0.2, 0.25) is 0 Å². The van der Waals surface area contributed by atoms with E-state index in [-0.39, 0.29) is 18.1 Å². The Morgan fingerprint density at radius 2 is 1.96 bits per heavy atom. The van der Waals surface area contributed by atoms with Crippen molar-refractivity contribution in [2.75, 3.05) is 27.2 Å². The summed E-state index contributed by atoms with van der Waals surface area (Å²) in [7, 11) is 2.94. The smallest absolute Gasteiger partial charge is 0.358 e. The van der Waals surface area contributed by atoms with Crippen LogP contribution in [0.4, 0.5) is 0 Å². The van der Waals surface area contributed by atoms with Gasteiger partial charge in [0.25, 0.3) is 5.91 Å². The van der Waals surface area contributed by atoms with E-state index < -0.39 is 18.5 Å². The average molecular weight is 347 g/mol. The number of esters is 1. The van der Waals surface area contributed by atoms with Gasteiger partial charge in [0.2, 0.25) is 5.91 Å². The third-order valence-corrected chi connectivity index (χ3v) is 4.04. The Bertz CT molecular complexity index is 730. The summed E-state index contributed by atoms with van der Waals surface area (Å²) in [6.07, 6.45) is 0. The van der Waals surface area contributed by atoms with Crippen LogP contribution in [-0.2, 0) is 14.3 Å². The van der Waals surface area contributed by atoms with E-state index in [9.17, 15) is 14.4 Å². The summed E-state index contributed by atoms with van der Waals surface area (Å²) in [4.78, 5) is 40.4. The number of hydrogen-bond donors (Lipinski definition) is 1. The van der Waals surface area contributed by atoms with Gasteiger partial charge in [-0.3, -0.25) is 9.59 Å². The maximum Gasteiger partial charge on any atom is 0.358 e. The van der Waals surface area contributed by atoms with Gasteiger partial charge in [-0.15, -0.1) is 11.3 Å². The minimum absolute atomic E-state index is 0.0955. The molecular formula is C16H17N3O4S. The number of benzene rings is 1. The molecule has 1 aromatic carbocycles. The summed E-state index contributed by atoms with van der Waals surface area (Å²) in [5, 5.41) is 4.70. The zero-order chi connectivity index (χ0) is 17.5. The molecule has 0 saturated heterocycles. The van der Waals surface area contributed by atoms with Crippen molar-refractivity contribution in [3.63, 3.8) is 0 Å². The zero-order valence-electron chi connectivity index (χ0n) is 13.3. The monoisotopic (exact) mass is 347 g/mol. The first-order chi connectivity index (χ1) is 11.5. The second kappa shape index (κ2) is 8.21. The standard InChI is InChI=1S/C16H17N3O4S/c1-17-13(20)8-19(2)14(21)9-23-16(22)12-10-24-15(18-12)11-6-4-3-5-7-11/h3-7,10H,8-9H2,1-2H3,(H,17,20). The normalized spacial score (nSPS) is 10.1. The number of rotatable bonds is 6. The van der Waals surface area contributed by atoms with Gasteiger partial charge in [0, 0.05) is 25.0 Å². The van der Waals surface area contributed by atoms with Gasteiger partial charge in [0.05, 0.1) is 6.54 Å². The zero-order valence-corrected chi connectivity index (χ0v) is 14.1. The lowest BCUT2D eigenvalue weighted by molar-refractivity contribution is -0.137. The molecule has 2 amide bonds. The highest BCUT2D eigenvalue weighted by Gasteiger charge is 2.17. The van der Waals surface area contributed by atoms with E-state index in [1.54, 1.807) is 5.38 Å². The number of nitrogens with one attached hydrogen (secondary N) is 1. The van der Waals surface area contributed by atoms with Crippen LogP contribution in [0.5, 0.6) is 0 Å². The number of hydrogen-bond acceptors (Lipinski definition) is 6. The highest BCUT2D eigenvalue weighted by molar-refractivity contribution is 7.13. The molecule has 0 atom stereocenters. The second-order valence-corrected chi connectivity index (χ2v) is 5.76. The summed E-state index contributed by atoms with van der Waals surface area (Å²) in [5.74, 6) is -1.44. The van der Waals surface area contributed by atoms with E-state index in [0.717, 1.165) is 5.56 Å². The number of aromatic nitrogens is 1. The Labute approximate surface area is 143 Å². The van der Waals surface area contributed by atoms with E-state index in [1.165, 1.54) is 30.3 Å². The molecule has 0 aliphatic rings. The number of carbonyl (C=O) groups excluding carboxylic acids is 3. The number of likely N-dealkylation sites (N-methyl/N-ethyl adjacent to an activating group) is 2. The molecule has 0 radical (unpaired) electrons. The highest BCUT2D eigenvalue weighted by Crippen LogP contribution is 2.23. The summed E-state index contributed by atoms with van der Waals surface area (Å²) < 4.78 is 4.96. The van der Waals surface area contributed by atoms with Gasteiger partial charge in [-0.2, -0.15) is 0 Å². The second-order valence-electron chi connectivity index (χ2n) is 4.90. The first kappa shape index (κ1) is 17.6. The molecule has 0 spiro atoms. The van der Waals surface area contributed by atoms with Crippen molar-refractivity contribution >= 4 is 29.1 Å². The van der Waals surface area contributed by atoms with Crippen molar-refractivity contribution < 1.29 is 19.1 Å². The molecule has 126 valence electrons. The van der Waals surface area contributed by atoms with Gasteiger partial charge in [-0.25, -0.2) is 9.78 Å². The van der Waals surface area contributed by atoms with Gasteiger partial charge >= 0.3 is 5.97 Å². The van der Waals surface area contributed by atoms with Crippen LogP contribution in [0.15, 0.2) is 35.7 Å². The summed E-state index contributed by atoms with van der Waals surface area (Å²) in [6.45, 7) is -0.535. The van der Waals surface area contributed by atoms with Crippen LogP contribution in [-0.4, -0.2) is 54.9 Å². The molecule has 1 aromatic heterocycles. The lowest BCUT2D eigenvalue weighted by Crippen LogP contribution is -2.39. The molecule has 8 heteroatoms. The molecule has 0 saturated carbocycles. The van der Waals surface area contributed by atoms with Crippen LogP contribution in [0.1, 0.15) is 10.5 Å². The first-order valence-corrected chi connectivity index (χ1v) is 8.02. The Kier molecular flexibility index (Phi) is 6.02. The number of thiazole rings is 1. The predicted octanol–water partition coefficient (Wildman–Crippen LogP) is 1.17. The number of ether oxygens (including phenoxy) is 1. The highest BCUT2D eigenvalue weighted by atomic mass is 32.1. The molecule has 0 aliphatic heterocycles. The summed E-state index contributed by atoms with van der Waals surface area (Å²) in [5.41, 5.74) is 1.06. The lowest BCUT2D eigenvalue weighted by atomic mass is 10.2. The predicted molar refractivity (Wildman–Crippen MR) is 89.5 cm³/mol. The average Bonchev–Trinajstić information content (AvgIpc) is 3.10. The molecule has 1 heterocycles. The van der Waals surface area contributed by atoms with Crippen LogP contribution >= 0.6 is 11.3 Å². The van der Waals surface area contributed by atoms with Crippen molar-refractivity contribution in [2.24, 2.45) is 0 Å². The van der Waals surface area contributed by atoms with Gasteiger partial charge in [0.15, 0.2) is 12.3 Å². The fourth-order valence-corrected chi connectivity index (χ4v) is 2.57. The Morgan fingerprint density at radius 1 is 1.25 bits per heavy atom. The van der Waals surface area contributed by atoms with Crippen LogP contribution in [0, 0.1) is 0 Å². The summed E-state index contributed by atoms with van der Waals surface area (Å²) in [6, 6.07) is 9.45. The number of nitrogens with zero attached hydrogens (tertiary/aromatic N) is 2. The summed E-state index contributed by atoms with van der Waals surface area (Å²) >= 11 is 1.32. The molecule has 24 heavy (non-hydrogen) atoms. The van der Waals surface area contributed by atoms with Crippen LogP contribution < -0.4 is 5.32 Å². The van der Waals surface area contributed by atoms with Crippen molar-refractivity contribution in [1.29, 1.82) is 0 Å². The molecule has 0 aliphatic carbocycles. The van der Waals surface area contributed by atoms with E-state index in [4.69, 9.17) is 4.74 Å². The minimum atomic E-state index is -0.671. The molecule has 1 N–H and O–H groups in total. The van der Waals surface area contributed by atoms with Gasteiger partial charge in [0.1, 0.15) is 5.01 Å². The molecule has 7 nitrogen and oxygen atoms in total. The van der Waals surface area contributed by atoms with Gasteiger partial charge < -0.3 is 15.0 Å². The molecule has 2 aromatic rings. The SMILES string of the molecule is CNC(=O)CN(C)C(=O)COC(=O)c1csc(-c2ccccc2)n1. The third-order valence-electron chi connectivity index (χ3n) is 3.15. The molecule has 0 fully saturated rings. The molecule has 2 rings (SSSR count). The molecule has 0 unspecified atom stereocenters. The van der Waals surface area contributed by atoms with E-state index in [0.29, 0.717) is 5.01 Å². The van der Waals surface area contributed by atoms with Crippen LogP contribution in [0.25, 0.3) is 10.6 Å². The maximum absolute atomic E-state index is 12.0. The Morgan fingerprint density at radius 3 is 2.62 bits per heavy atom. The lowest BCUT2D eigenvalue weighted by Gasteiger charge is -2.15. The van der Waals surface area contributed by atoms with Gasteiger partial charge in [-0.1, -0.05) is 30.3 Å². The fourth-order valence-electron chi connectivity index (χ4n) is 1.77. The molecular weight excluding hydrogens is 330 g/mol. The fraction of sp³-hybridized carbons (Fsp3) is 0.250. The topological polar surface area (TPSA) is 88.6 Å². The largest absolute Gasteiger partial charge is 0.451 e. The Balaban J connectivity index is 1.90. The van der Waals surface area contributed by atoms with Crippen molar-refractivity contribution in [3.8, 4) is 10.6 Å². The van der Waals surface area contributed by atoms with Crippen molar-refractivity contribution in [3.05, 3.63) is 41.4 Å². The van der Waals surface area contributed by atoms with E-state index in [1.807, 2.05) is 30.3 Å². The third kappa shape index (κ3) is 4.63. The number of amides is 2. The maximum atomic E-state index is 12.0. The Hall–Kier alpha value is -2.74. The van der Waals surface area contributed by atoms with Crippen LogP contribution in [0.3, 0.4) is 0 Å². The van der Waals surface area contributed by atoms with Crippen molar-refractivity contribution in [2.45, 2.75) is 0 Å².